The van der Waals surface area contributed by atoms with E-state index in [0.29, 0.717) is 58.2 Å². The van der Waals surface area contributed by atoms with Gasteiger partial charge in [0.15, 0.2) is 0 Å². The summed E-state index contributed by atoms with van der Waals surface area (Å²) in [6, 6.07) is 39.6. The smallest absolute Gasteiger partial charge is 0.227 e. The SMILES string of the molecule is C=C1COc2cc(-c3[nH]ncc3CN(C)CCN)ccc2N1C.C=C1COc2ccc(-c3[nH]ncc3CN(C)CCN)cc2N1CC(C)C.CCC(=O)N1CCN(c2ccc(-c3[nH]ncc3CN(C)CCN)cc2)CC1.CN(CCN)Cc1cn[nH]c1-c1ccc(N2CCN(C(=O)Cc3ccccc3)CC2)cc1. The second kappa shape index (κ2) is 39.6. The predicted molar refractivity (Wildman–Crippen MR) is 436 cm³/mol. The molecule has 0 spiro atoms. The number of rotatable bonds is 27. The van der Waals surface area contributed by atoms with Crippen LogP contribution in [0.2, 0.25) is 0 Å². The maximum atomic E-state index is 12.6. The average Bonchev–Trinajstić information content (AvgIpc) is 1.18. The Morgan fingerprint density at radius 3 is 1.30 bits per heavy atom. The topological polar surface area (TPSA) is 304 Å². The van der Waals surface area contributed by atoms with Gasteiger partial charge in [0, 0.05) is 218 Å². The molecule has 4 aliphatic rings. The molecule has 2 fully saturated rings. The molecule has 2 amide bonds. The molecule has 0 unspecified atom stereocenters. The van der Waals surface area contributed by atoms with Crippen molar-refractivity contribution in [2.45, 2.75) is 59.8 Å². The number of anilines is 4. The van der Waals surface area contributed by atoms with Crippen LogP contribution in [0, 0.1) is 5.92 Å². The first-order valence-corrected chi connectivity index (χ1v) is 37.7. The van der Waals surface area contributed by atoms with Crippen molar-refractivity contribution in [3.05, 3.63) is 192 Å². The van der Waals surface area contributed by atoms with Crippen molar-refractivity contribution < 1.29 is 19.1 Å². The molecule has 12 N–H and O–H groups in total. The van der Waals surface area contributed by atoms with E-state index < -0.39 is 0 Å². The highest BCUT2D eigenvalue weighted by Crippen LogP contribution is 2.40. The molecule has 0 radical (unpaired) electrons. The van der Waals surface area contributed by atoms with Crippen LogP contribution in [0.4, 0.5) is 22.7 Å². The van der Waals surface area contributed by atoms with Crippen molar-refractivity contribution in [1.29, 1.82) is 0 Å². The van der Waals surface area contributed by atoms with Gasteiger partial charge in [-0.3, -0.25) is 30.0 Å². The number of fused-ring (bicyclic) bond motifs is 2. The highest BCUT2D eigenvalue weighted by Gasteiger charge is 2.27. The van der Waals surface area contributed by atoms with Gasteiger partial charge in [-0.15, -0.1) is 0 Å². The molecule has 4 aliphatic heterocycles. The minimum absolute atomic E-state index is 0.206. The zero-order valence-corrected chi connectivity index (χ0v) is 64.7. The lowest BCUT2D eigenvalue weighted by molar-refractivity contribution is -0.131. The van der Waals surface area contributed by atoms with Crippen LogP contribution >= 0.6 is 0 Å². The first-order chi connectivity index (χ1) is 52.3. The van der Waals surface area contributed by atoms with E-state index in [0.717, 1.165) is 207 Å². The number of aromatic nitrogens is 8. The number of benzene rings is 5. The molecule has 4 aromatic heterocycles. The first-order valence-electron chi connectivity index (χ1n) is 37.7. The molecule has 2 saturated heterocycles. The van der Waals surface area contributed by atoms with E-state index in [1.165, 1.54) is 22.5 Å². The molecule has 26 heteroatoms. The van der Waals surface area contributed by atoms with E-state index in [9.17, 15) is 9.59 Å². The van der Waals surface area contributed by atoms with Crippen molar-refractivity contribution in [1.82, 2.24) is 70.2 Å². The largest absolute Gasteiger partial charge is 0.485 e. The summed E-state index contributed by atoms with van der Waals surface area (Å²) in [6.07, 6.45) is 8.60. The quantitative estimate of drug-likeness (QED) is 0.0239. The van der Waals surface area contributed by atoms with Gasteiger partial charge in [0.1, 0.15) is 24.7 Å². The number of carbonyl (C=O) groups is 2. The van der Waals surface area contributed by atoms with Crippen LogP contribution in [0.15, 0.2) is 165 Å². The number of H-pyrrole nitrogens is 4. The summed E-state index contributed by atoms with van der Waals surface area (Å²) in [7, 11) is 10.3. The van der Waals surface area contributed by atoms with Gasteiger partial charge in [-0.25, -0.2) is 0 Å². The number of carbonyl (C=O) groups excluding carboxylic acids is 2. The number of hydrogen-bond acceptors (Lipinski definition) is 20. The van der Waals surface area contributed by atoms with Crippen LogP contribution in [-0.4, -0.2) is 242 Å². The van der Waals surface area contributed by atoms with Crippen LogP contribution in [0.3, 0.4) is 0 Å². The molecular formula is C82H114N22O4. The van der Waals surface area contributed by atoms with Crippen molar-refractivity contribution in [2.24, 2.45) is 28.9 Å². The monoisotopic (exact) mass is 1470 g/mol. The molecule has 0 bridgehead atoms. The van der Waals surface area contributed by atoms with Gasteiger partial charge in [-0.2, -0.15) is 20.4 Å². The van der Waals surface area contributed by atoms with Gasteiger partial charge in [0.2, 0.25) is 11.8 Å². The van der Waals surface area contributed by atoms with Gasteiger partial charge < -0.3 is 81.4 Å². The molecule has 9 aromatic rings. The molecule has 0 saturated carbocycles. The fourth-order valence-corrected chi connectivity index (χ4v) is 13.8. The Hall–Kier alpha value is -10.2. The summed E-state index contributed by atoms with van der Waals surface area (Å²) in [5, 5.41) is 29.5. The van der Waals surface area contributed by atoms with Gasteiger partial charge >= 0.3 is 0 Å². The fraction of sp³-hybridized carbons (Fsp3) is 0.415. The summed E-state index contributed by atoms with van der Waals surface area (Å²) >= 11 is 0. The predicted octanol–water partition coefficient (Wildman–Crippen LogP) is 8.53. The van der Waals surface area contributed by atoms with Crippen LogP contribution < -0.4 is 52.0 Å². The van der Waals surface area contributed by atoms with Gasteiger partial charge in [-0.1, -0.05) is 94.6 Å². The number of nitrogens with two attached hydrogens (primary N) is 4. The van der Waals surface area contributed by atoms with Crippen LogP contribution in [-0.2, 0) is 42.2 Å². The number of piperazine rings is 2. The number of hydrogen-bond donors (Lipinski definition) is 8. The highest BCUT2D eigenvalue weighted by molar-refractivity contribution is 5.80. The average molecular weight is 1470 g/mol. The summed E-state index contributed by atoms with van der Waals surface area (Å²) in [5.74, 6) is 2.76. The van der Waals surface area contributed by atoms with Gasteiger partial charge in [0.25, 0.3) is 0 Å². The van der Waals surface area contributed by atoms with Crippen LogP contribution in [0.25, 0.3) is 45.0 Å². The Bertz CT molecular complexity index is 4290. The van der Waals surface area contributed by atoms with Gasteiger partial charge in [0.05, 0.1) is 65.4 Å². The maximum absolute atomic E-state index is 12.6. The molecule has 8 heterocycles. The molecule has 26 nitrogen and oxygen atoms in total. The Balaban J connectivity index is 0.000000155. The Morgan fingerprint density at radius 1 is 0.481 bits per heavy atom. The first kappa shape index (κ1) is 80.4. The molecule has 5 aromatic carbocycles. The van der Waals surface area contributed by atoms with E-state index in [1.807, 2.05) is 85.0 Å². The zero-order valence-electron chi connectivity index (χ0n) is 64.7. The number of likely N-dealkylation sites (N-methyl/N-ethyl adjacent to an activating group) is 5. The van der Waals surface area contributed by atoms with E-state index >= 15 is 0 Å². The van der Waals surface area contributed by atoms with Crippen LogP contribution in [0.5, 0.6) is 11.5 Å². The Labute approximate surface area is 637 Å². The standard InChI is InChI=1S/C25H32N6O.C20H30N6O.C20H29N5O.C17H23N5O/c1-29(12-11-26)19-22-18-27-28-25(22)21-7-9-23(10-8-21)30-13-15-31(16-14-30)24(32)17-20-5-3-2-4-6-20;1-3-19(27)26-12-10-25(11-13-26)18-6-4-16(5-7-18)20-17(14-22-23-20)15-24(2)9-8-21;1-14(2)11-25-15(3)13-26-19-6-5-16(9-18(19)25)20-17(10-22-23-20)12-24(4)8-7-21;1-12-11-23-16-8-13(4-5-15(16)22(12)3)17-14(9-19-20-17)10-21(2)7-6-18/h2-10,18H,11-17,19,26H2,1H3,(H,27,28);4-7,14H,3,8-13,15,21H2,1-2H3,(H,22,23);5-6,9-10,14H,3,7-8,11-13,21H2,1-2,4H3,(H,22,23);4-5,8-9H,1,6-7,10-11,18H2,2-3H3,(H,19,20). The summed E-state index contributed by atoms with van der Waals surface area (Å²) < 4.78 is 11.7. The summed E-state index contributed by atoms with van der Waals surface area (Å²) in [6.45, 7) is 32.3. The number of nitrogens with zero attached hydrogens (tertiary/aromatic N) is 14. The van der Waals surface area contributed by atoms with Gasteiger partial charge in [-0.05, 0) is 94.3 Å². The molecule has 13 rings (SSSR count). The van der Waals surface area contributed by atoms with Crippen molar-refractivity contribution >= 4 is 34.6 Å². The van der Waals surface area contributed by atoms with Crippen molar-refractivity contribution in [2.75, 3.05) is 179 Å². The Morgan fingerprint density at radius 2 is 0.870 bits per heavy atom. The third-order valence-electron chi connectivity index (χ3n) is 19.8. The molecule has 0 atom stereocenters. The number of aromatic amines is 4. The molecule has 576 valence electrons. The lowest BCUT2D eigenvalue weighted by Gasteiger charge is -2.36. The normalized spacial score (nSPS) is 14.3. The fourth-order valence-electron chi connectivity index (χ4n) is 13.8. The lowest BCUT2D eigenvalue weighted by atomic mass is 10.0. The van der Waals surface area contributed by atoms with Crippen LogP contribution in [0.1, 0.15) is 55.0 Å². The zero-order chi connectivity index (χ0) is 76.6. The molecule has 108 heavy (non-hydrogen) atoms. The number of nitrogens with one attached hydrogen (secondary N) is 4. The van der Waals surface area contributed by atoms with E-state index in [-0.39, 0.29) is 11.8 Å². The molecular weight excluding hydrogens is 1360 g/mol. The lowest BCUT2D eigenvalue weighted by Crippen LogP contribution is -2.49. The van der Waals surface area contributed by atoms with E-state index in [1.54, 1.807) is 0 Å². The second-order valence-electron chi connectivity index (χ2n) is 28.7. The Kier molecular flexibility index (Phi) is 29.5. The van der Waals surface area contributed by atoms with E-state index in [2.05, 4.69) is 214 Å². The minimum Gasteiger partial charge on any atom is -0.485 e. The second-order valence-corrected chi connectivity index (χ2v) is 28.7. The number of ether oxygens (including phenoxy) is 2. The van der Waals surface area contributed by atoms with Crippen molar-refractivity contribution in [3.8, 4) is 56.5 Å². The third kappa shape index (κ3) is 21.6. The third-order valence-corrected chi connectivity index (χ3v) is 19.8. The number of amides is 2. The summed E-state index contributed by atoms with van der Waals surface area (Å²) in [4.78, 5) is 46.2. The highest BCUT2D eigenvalue weighted by atomic mass is 16.5. The summed E-state index contributed by atoms with van der Waals surface area (Å²) in [5.41, 5.74) is 43.3. The maximum Gasteiger partial charge on any atom is 0.227 e. The van der Waals surface area contributed by atoms with Crippen molar-refractivity contribution in [3.63, 3.8) is 0 Å². The molecule has 0 aliphatic carbocycles. The van der Waals surface area contributed by atoms with E-state index in [4.69, 9.17) is 32.4 Å². The minimum atomic E-state index is 0.206.